The summed E-state index contributed by atoms with van der Waals surface area (Å²) in [5.74, 6) is 0. The van der Waals surface area contributed by atoms with Crippen molar-refractivity contribution in [1.29, 1.82) is 0 Å². The first-order valence-corrected chi connectivity index (χ1v) is 7.48. The highest BCUT2D eigenvalue weighted by molar-refractivity contribution is 5.74. The van der Waals surface area contributed by atoms with Crippen molar-refractivity contribution in [3.8, 4) is 0 Å². The molecule has 1 aromatic carbocycles. The summed E-state index contributed by atoms with van der Waals surface area (Å²) in [6, 6.07) is 8.05. The lowest BCUT2D eigenvalue weighted by molar-refractivity contribution is 0.157. The molecule has 21 heavy (non-hydrogen) atoms. The molecule has 0 radical (unpaired) electrons. The van der Waals surface area contributed by atoms with Gasteiger partial charge in [0.15, 0.2) is 0 Å². The summed E-state index contributed by atoms with van der Waals surface area (Å²) < 4.78 is 0. The van der Waals surface area contributed by atoms with Crippen molar-refractivity contribution in [2.75, 3.05) is 27.2 Å². The van der Waals surface area contributed by atoms with Crippen molar-refractivity contribution >= 4 is 6.03 Å². The van der Waals surface area contributed by atoms with Gasteiger partial charge in [-0.3, -0.25) is 0 Å². The smallest absolute Gasteiger partial charge is 0.317 e. The number of nitrogens with zero attached hydrogens (tertiary/aromatic N) is 2. The van der Waals surface area contributed by atoms with Gasteiger partial charge in [0.25, 0.3) is 0 Å². The molecule has 0 bridgehead atoms. The van der Waals surface area contributed by atoms with Gasteiger partial charge in [-0.05, 0) is 38.1 Å². The molecule has 0 aromatic heterocycles. The van der Waals surface area contributed by atoms with E-state index in [0.717, 1.165) is 31.5 Å². The second kappa shape index (κ2) is 7.43. The van der Waals surface area contributed by atoms with Crippen LogP contribution in [0.1, 0.15) is 24.0 Å². The number of amides is 2. The summed E-state index contributed by atoms with van der Waals surface area (Å²) in [4.78, 5) is 16.1. The summed E-state index contributed by atoms with van der Waals surface area (Å²) in [6.45, 7) is 2.16. The van der Waals surface area contributed by atoms with E-state index in [2.05, 4.69) is 16.3 Å². The first kappa shape index (κ1) is 15.8. The molecular weight excluding hydrogens is 266 g/mol. The van der Waals surface area contributed by atoms with E-state index < -0.39 is 0 Å². The number of carbonyl (C=O) groups is 1. The molecule has 5 heteroatoms. The number of likely N-dealkylation sites (tertiary alicyclic amines) is 1. The molecule has 1 aliphatic rings. The molecule has 1 atom stereocenters. The summed E-state index contributed by atoms with van der Waals surface area (Å²) in [6.07, 6.45) is 1.86. The predicted molar refractivity (Wildman–Crippen MR) is 82.9 cm³/mol. The van der Waals surface area contributed by atoms with Gasteiger partial charge in [-0.15, -0.1) is 0 Å². The third kappa shape index (κ3) is 4.19. The number of rotatable bonds is 5. The maximum Gasteiger partial charge on any atom is 0.317 e. The Bertz CT molecular complexity index is 476. The fourth-order valence-electron chi connectivity index (χ4n) is 2.79. The van der Waals surface area contributed by atoms with Crippen LogP contribution in [0.2, 0.25) is 0 Å². The van der Waals surface area contributed by atoms with Gasteiger partial charge in [0.05, 0.1) is 12.6 Å². The first-order chi connectivity index (χ1) is 10.1. The summed E-state index contributed by atoms with van der Waals surface area (Å²) in [5.41, 5.74) is 2.36. The molecule has 2 N–H and O–H groups in total. The monoisotopic (exact) mass is 291 g/mol. The molecule has 0 saturated carbocycles. The lowest BCUT2D eigenvalue weighted by Gasteiger charge is -2.23. The molecule has 2 amide bonds. The van der Waals surface area contributed by atoms with Crippen LogP contribution in [0.5, 0.6) is 0 Å². The highest BCUT2D eigenvalue weighted by Gasteiger charge is 2.27. The molecule has 0 spiro atoms. The molecule has 0 aliphatic carbocycles. The van der Waals surface area contributed by atoms with Crippen LogP contribution in [0.15, 0.2) is 24.3 Å². The number of urea groups is 1. The van der Waals surface area contributed by atoms with Gasteiger partial charge in [0.1, 0.15) is 0 Å². The van der Waals surface area contributed by atoms with E-state index >= 15 is 0 Å². The number of nitrogens with one attached hydrogen (secondary N) is 1. The average molecular weight is 291 g/mol. The number of carbonyl (C=O) groups excluding carboxylic acids is 1. The number of aliphatic hydroxyl groups excluding tert-OH is 1. The van der Waals surface area contributed by atoms with Crippen molar-refractivity contribution in [2.24, 2.45) is 0 Å². The van der Waals surface area contributed by atoms with E-state index in [-0.39, 0.29) is 18.7 Å². The standard InChI is InChI=1S/C16H25N3O2/c1-18(2)11-14-7-4-3-6-13(14)10-17-16(21)19-9-5-8-15(19)12-20/h3-4,6-7,15,20H,5,8-12H2,1-2H3,(H,17,21). The zero-order valence-corrected chi connectivity index (χ0v) is 12.9. The quantitative estimate of drug-likeness (QED) is 0.862. The van der Waals surface area contributed by atoms with E-state index in [4.69, 9.17) is 0 Å². The van der Waals surface area contributed by atoms with Crippen molar-refractivity contribution in [2.45, 2.75) is 32.0 Å². The Hall–Kier alpha value is -1.59. The fraction of sp³-hybridized carbons (Fsp3) is 0.562. The van der Waals surface area contributed by atoms with Gasteiger partial charge in [0, 0.05) is 19.6 Å². The second-order valence-corrected chi connectivity index (χ2v) is 5.84. The van der Waals surface area contributed by atoms with E-state index in [9.17, 15) is 9.90 Å². The molecule has 1 fully saturated rings. The van der Waals surface area contributed by atoms with Crippen LogP contribution < -0.4 is 5.32 Å². The minimum Gasteiger partial charge on any atom is -0.394 e. The largest absolute Gasteiger partial charge is 0.394 e. The summed E-state index contributed by atoms with van der Waals surface area (Å²) in [7, 11) is 4.07. The normalized spacial score (nSPS) is 18.3. The van der Waals surface area contributed by atoms with Crippen LogP contribution in [0, 0.1) is 0 Å². The van der Waals surface area contributed by atoms with Crippen LogP contribution >= 0.6 is 0 Å². The van der Waals surface area contributed by atoms with Gasteiger partial charge < -0.3 is 20.2 Å². The Kier molecular flexibility index (Phi) is 5.59. The van der Waals surface area contributed by atoms with E-state index in [1.807, 2.05) is 32.3 Å². The molecule has 5 nitrogen and oxygen atoms in total. The van der Waals surface area contributed by atoms with Crippen molar-refractivity contribution in [3.63, 3.8) is 0 Å². The second-order valence-electron chi connectivity index (χ2n) is 5.84. The number of aliphatic hydroxyl groups is 1. The molecule has 116 valence electrons. The van der Waals surface area contributed by atoms with Crippen molar-refractivity contribution in [3.05, 3.63) is 35.4 Å². The summed E-state index contributed by atoms with van der Waals surface area (Å²) in [5, 5.41) is 12.3. The molecule has 1 aromatic rings. The molecule has 2 rings (SSSR count). The summed E-state index contributed by atoms with van der Waals surface area (Å²) >= 11 is 0. The van der Waals surface area contributed by atoms with Gasteiger partial charge >= 0.3 is 6.03 Å². The predicted octanol–water partition coefficient (Wildman–Crippen LogP) is 1.41. The van der Waals surface area contributed by atoms with Crippen molar-refractivity contribution in [1.82, 2.24) is 15.1 Å². The zero-order chi connectivity index (χ0) is 15.2. The average Bonchev–Trinajstić information content (AvgIpc) is 2.94. The van der Waals surface area contributed by atoms with Gasteiger partial charge in [0.2, 0.25) is 0 Å². The number of hydrogen-bond acceptors (Lipinski definition) is 3. The Balaban J connectivity index is 1.95. The Morgan fingerprint density at radius 2 is 2.10 bits per heavy atom. The van der Waals surface area contributed by atoms with Crippen LogP contribution in [0.4, 0.5) is 4.79 Å². The maximum atomic E-state index is 12.2. The zero-order valence-electron chi connectivity index (χ0n) is 12.9. The first-order valence-electron chi connectivity index (χ1n) is 7.48. The molecule has 1 aliphatic heterocycles. The third-order valence-corrected chi connectivity index (χ3v) is 3.88. The molecule has 1 saturated heterocycles. The SMILES string of the molecule is CN(C)Cc1ccccc1CNC(=O)N1CCCC1CO. The van der Waals surface area contributed by atoms with E-state index in [1.165, 1.54) is 5.56 Å². The topological polar surface area (TPSA) is 55.8 Å². The maximum absolute atomic E-state index is 12.2. The van der Waals surface area contributed by atoms with Crippen LogP contribution in [-0.4, -0.2) is 54.2 Å². The number of hydrogen-bond donors (Lipinski definition) is 2. The Morgan fingerprint density at radius 3 is 2.76 bits per heavy atom. The van der Waals surface area contributed by atoms with Crippen LogP contribution in [0.3, 0.4) is 0 Å². The lowest BCUT2D eigenvalue weighted by Crippen LogP contribution is -2.44. The third-order valence-electron chi connectivity index (χ3n) is 3.88. The van der Waals surface area contributed by atoms with E-state index in [1.54, 1.807) is 4.90 Å². The van der Waals surface area contributed by atoms with E-state index in [0.29, 0.717) is 6.54 Å². The van der Waals surface area contributed by atoms with Crippen LogP contribution in [0.25, 0.3) is 0 Å². The minimum absolute atomic E-state index is 0.0259. The highest BCUT2D eigenvalue weighted by atomic mass is 16.3. The van der Waals surface area contributed by atoms with Gasteiger partial charge in [-0.25, -0.2) is 4.79 Å². The van der Waals surface area contributed by atoms with Gasteiger partial charge in [-0.2, -0.15) is 0 Å². The molecule has 1 heterocycles. The van der Waals surface area contributed by atoms with Crippen LogP contribution in [-0.2, 0) is 13.1 Å². The Labute approximate surface area is 126 Å². The van der Waals surface area contributed by atoms with Crippen molar-refractivity contribution < 1.29 is 9.90 Å². The van der Waals surface area contributed by atoms with Gasteiger partial charge in [-0.1, -0.05) is 24.3 Å². The highest BCUT2D eigenvalue weighted by Crippen LogP contribution is 2.17. The fourth-order valence-corrected chi connectivity index (χ4v) is 2.79. The molecule has 1 unspecified atom stereocenters. The number of benzene rings is 1. The lowest BCUT2D eigenvalue weighted by atomic mass is 10.1. The minimum atomic E-state index is -0.0776. The molecular formula is C16H25N3O2. The Morgan fingerprint density at radius 1 is 1.38 bits per heavy atom.